The van der Waals surface area contributed by atoms with Crippen molar-refractivity contribution < 1.29 is 18.8 Å². The number of aromatic amines is 1. The Labute approximate surface area is 232 Å². The van der Waals surface area contributed by atoms with E-state index in [2.05, 4.69) is 32.4 Å². The molecule has 5 rings (SSSR count). The molecule has 1 spiro atoms. The predicted molar refractivity (Wildman–Crippen MR) is 146 cm³/mol. The lowest BCUT2D eigenvalue weighted by Crippen LogP contribution is -2.44. The lowest BCUT2D eigenvalue weighted by Gasteiger charge is -2.36. The van der Waals surface area contributed by atoms with Crippen LogP contribution in [-0.4, -0.2) is 71.4 Å². The molecular weight excluding hydrogens is 523 g/mol. The Kier molecular flexibility index (Phi) is 8.23. The van der Waals surface area contributed by atoms with Gasteiger partial charge in [0.15, 0.2) is 5.69 Å². The third-order valence-electron chi connectivity index (χ3n) is 8.66. The molecule has 9 nitrogen and oxygen atoms in total. The normalized spacial score (nSPS) is 24.3. The molecule has 210 valence electrons. The first-order valence-electron chi connectivity index (χ1n) is 13.9. The smallest absolute Gasteiger partial charge is 0.272 e. The fraction of sp³-hybridized carbons (Fsp3) is 0.571. The molecule has 1 aliphatic carbocycles. The monoisotopic (exact) mass is 558 g/mol. The summed E-state index contributed by atoms with van der Waals surface area (Å²) in [4.78, 5) is 50.1. The van der Waals surface area contributed by atoms with Gasteiger partial charge in [0, 0.05) is 25.7 Å². The Morgan fingerprint density at radius 3 is 2.59 bits per heavy atom. The molecule has 1 aromatic heterocycles. The van der Waals surface area contributed by atoms with E-state index in [1.807, 2.05) is 0 Å². The minimum atomic E-state index is -0.496. The number of piperidine rings is 1. The number of carbonyl (C=O) groups is 3. The second kappa shape index (κ2) is 11.6. The number of halogens is 2. The van der Waals surface area contributed by atoms with Crippen LogP contribution in [0.5, 0.6) is 0 Å². The van der Waals surface area contributed by atoms with Crippen molar-refractivity contribution >= 4 is 35.0 Å². The van der Waals surface area contributed by atoms with Gasteiger partial charge in [-0.05, 0) is 82.2 Å². The summed E-state index contributed by atoms with van der Waals surface area (Å²) in [5.74, 6) is -0.421. The van der Waals surface area contributed by atoms with Crippen molar-refractivity contribution in [3.8, 4) is 0 Å². The zero-order valence-electron chi connectivity index (χ0n) is 22.3. The maximum Gasteiger partial charge on any atom is 0.272 e. The molecule has 0 radical (unpaired) electrons. The van der Waals surface area contributed by atoms with Gasteiger partial charge in [-0.1, -0.05) is 18.5 Å². The summed E-state index contributed by atoms with van der Waals surface area (Å²) in [5, 5.41) is 6.14. The zero-order valence-corrected chi connectivity index (χ0v) is 23.0. The SMILES string of the molecule is CC1CCN(CCNC(=O)c2nc[nH]c2C(=O)N[C@H]2CC[C@@]3(CCN(c4ccc(F)cc4Cl)C3=O)CC2)CC1. The van der Waals surface area contributed by atoms with Gasteiger partial charge in [-0.15, -0.1) is 0 Å². The maximum atomic E-state index is 13.5. The third-order valence-corrected chi connectivity index (χ3v) is 8.97. The molecule has 2 aliphatic heterocycles. The van der Waals surface area contributed by atoms with Crippen LogP contribution in [-0.2, 0) is 4.79 Å². The van der Waals surface area contributed by atoms with Gasteiger partial charge in [0.05, 0.1) is 22.5 Å². The van der Waals surface area contributed by atoms with Gasteiger partial charge in [-0.2, -0.15) is 0 Å². The lowest BCUT2D eigenvalue weighted by molar-refractivity contribution is -0.127. The van der Waals surface area contributed by atoms with Crippen LogP contribution in [0.1, 0.15) is 72.8 Å². The quantitative estimate of drug-likeness (QED) is 0.479. The fourth-order valence-electron chi connectivity index (χ4n) is 6.12. The van der Waals surface area contributed by atoms with E-state index in [-0.39, 0.29) is 40.2 Å². The zero-order chi connectivity index (χ0) is 27.6. The van der Waals surface area contributed by atoms with Crippen LogP contribution in [0.3, 0.4) is 0 Å². The van der Waals surface area contributed by atoms with E-state index in [4.69, 9.17) is 11.6 Å². The number of amides is 3. The van der Waals surface area contributed by atoms with Crippen LogP contribution in [0.15, 0.2) is 24.5 Å². The summed E-state index contributed by atoms with van der Waals surface area (Å²) in [7, 11) is 0. The molecule has 3 fully saturated rings. The molecular formula is C28H36ClFN6O3. The minimum absolute atomic E-state index is 0.00683. The van der Waals surface area contributed by atoms with Crippen molar-refractivity contribution in [2.24, 2.45) is 11.3 Å². The molecule has 3 N–H and O–H groups in total. The van der Waals surface area contributed by atoms with Gasteiger partial charge < -0.3 is 25.4 Å². The molecule has 1 saturated carbocycles. The average Bonchev–Trinajstić information content (AvgIpc) is 3.53. The van der Waals surface area contributed by atoms with E-state index in [0.717, 1.165) is 25.6 Å². The number of hydrogen-bond acceptors (Lipinski definition) is 5. The predicted octanol–water partition coefficient (Wildman–Crippen LogP) is 3.76. The molecule has 39 heavy (non-hydrogen) atoms. The first-order valence-corrected chi connectivity index (χ1v) is 14.3. The van der Waals surface area contributed by atoms with Crippen LogP contribution in [0.2, 0.25) is 5.02 Å². The van der Waals surface area contributed by atoms with Gasteiger partial charge in [0.1, 0.15) is 11.5 Å². The molecule has 0 bridgehead atoms. The van der Waals surface area contributed by atoms with Crippen LogP contribution in [0, 0.1) is 17.2 Å². The van der Waals surface area contributed by atoms with Gasteiger partial charge in [0.25, 0.3) is 11.8 Å². The number of carbonyl (C=O) groups excluding carboxylic acids is 3. The van der Waals surface area contributed by atoms with Gasteiger partial charge in [-0.25, -0.2) is 9.37 Å². The fourth-order valence-corrected chi connectivity index (χ4v) is 6.39. The lowest BCUT2D eigenvalue weighted by atomic mass is 9.71. The largest absolute Gasteiger partial charge is 0.349 e. The van der Waals surface area contributed by atoms with Crippen molar-refractivity contribution in [3.63, 3.8) is 0 Å². The summed E-state index contributed by atoms with van der Waals surface area (Å²) in [6.07, 6.45) is 6.97. The maximum absolute atomic E-state index is 13.5. The number of rotatable bonds is 7. The van der Waals surface area contributed by atoms with Gasteiger partial charge in [0.2, 0.25) is 5.91 Å². The summed E-state index contributed by atoms with van der Waals surface area (Å²) in [6, 6.07) is 3.97. The van der Waals surface area contributed by atoms with Crippen LogP contribution in [0.4, 0.5) is 10.1 Å². The molecule has 0 unspecified atom stereocenters. The van der Waals surface area contributed by atoms with Crippen LogP contribution >= 0.6 is 11.6 Å². The Morgan fingerprint density at radius 1 is 1.13 bits per heavy atom. The molecule has 0 atom stereocenters. The van der Waals surface area contributed by atoms with Gasteiger partial charge in [-0.3, -0.25) is 14.4 Å². The Bertz CT molecular complexity index is 1220. The van der Waals surface area contributed by atoms with Crippen molar-refractivity contribution in [3.05, 3.63) is 46.8 Å². The molecule has 3 aliphatic rings. The van der Waals surface area contributed by atoms with E-state index in [0.29, 0.717) is 50.9 Å². The number of aromatic nitrogens is 2. The van der Waals surface area contributed by atoms with E-state index < -0.39 is 11.2 Å². The first kappa shape index (κ1) is 27.6. The Balaban J connectivity index is 1.12. The molecule has 2 saturated heterocycles. The highest BCUT2D eigenvalue weighted by molar-refractivity contribution is 6.34. The number of imidazole rings is 1. The molecule has 3 amide bonds. The highest BCUT2D eigenvalue weighted by Gasteiger charge is 2.49. The summed E-state index contributed by atoms with van der Waals surface area (Å²) in [6.45, 7) is 6.16. The van der Waals surface area contributed by atoms with E-state index in [1.54, 1.807) is 11.0 Å². The number of hydrogen-bond donors (Lipinski definition) is 3. The van der Waals surface area contributed by atoms with Crippen molar-refractivity contribution in [1.82, 2.24) is 25.5 Å². The van der Waals surface area contributed by atoms with Crippen LogP contribution in [0.25, 0.3) is 0 Å². The molecule has 2 aromatic rings. The number of H-pyrrole nitrogens is 1. The number of nitrogens with one attached hydrogen (secondary N) is 3. The summed E-state index contributed by atoms with van der Waals surface area (Å²) in [5.41, 5.74) is 0.272. The highest BCUT2D eigenvalue weighted by Crippen LogP contribution is 2.47. The third kappa shape index (κ3) is 5.96. The van der Waals surface area contributed by atoms with Crippen molar-refractivity contribution in [2.45, 2.75) is 57.9 Å². The van der Waals surface area contributed by atoms with Crippen LogP contribution < -0.4 is 15.5 Å². The molecule has 11 heteroatoms. The van der Waals surface area contributed by atoms with Crippen molar-refractivity contribution in [1.29, 1.82) is 0 Å². The van der Waals surface area contributed by atoms with E-state index >= 15 is 0 Å². The number of anilines is 1. The summed E-state index contributed by atoms with van der Waals surface area (Å²) >= 11 is 6.21. The minimum Gasteiger partial charge on any atom is -0.349 e. The standard InChI is InChI=1S/C28H36ClFN6O3/c1-18-6-12-35(13-7-18)15-11-31-25(37)23-24(33-17-32-23)26(38)34-20-4-8-28(9-5-20)10-14-36(27(28)39)22-3-2-19(30)16-21(22)29/h2-3,16-18,20H,4-15H2,1H3,(H,31,37)(H,32,33)(H,34,38)/t20-,28-. The van der Waals surface area contributed by atoms with E-state index in [1.165, 1.54) is 31.3 Å². The Hall–Kier alpha value is -2.98. The van der Waals surface area contributed by atoms with Crippen molar-refractivity contribution in [2.75, 3.05) is 37.6 Å². The highest BCUT2D eigenvalue weighted by atomic mass is 35.5. The van der Waals surface area contributed by atoms with Gasteiger partial charge >= 0.3 is 0 Å². The topological polar surface area (TPSA) is 110 Å². The second-order valence-corrected chi connectivity index (χ2v) is 11.6. The second-order valence-electron chi connectivity index (χ2n) is 11.2. The summed E-state index contributed by atoms with van der Waals surface area (Å²) < 4.78 is 13.5. The Morgan fingerprint density at radius 2 is 1.87 bits per heavy atom. The number of benzene rings is 1. The number of nitrogens with zero attached hydrogens (tertiary/aromatic N) is 3. The first-order chi connectivity index (χ1) is 18.8. The molecule has 3 heterocycles. The average molecular weight is 559 g/mol. The number of likely N-dealkylation sites (tertiary alicyclic amines) is 1. The molecule has 1 aromatic carbocycles. The van der Waals surface area contributed by atoms with E-state index in [9.17, 15) is 18.8 Å².